The maximum atomic E-state index is 12.1. The van der Waals surface area contributed by atoms with E-state index in [0.29, 0.717) is 19.2 Å². The first-order valence-corrected chi connectivity index (χ1v) is 7.21. The van der Waals surface area contributed by atoms with Crippen molar-refractivity contribution in [2.45, 2.75) is 32.3 Å². The van der Waals surface area contributed by atoms with Gasteiger partial charge in [0.25, 0.3) is 0 Å². The van der Waals surface area contributed by atoms with Gasteiger partial charge in [0, 0.05) is 6.42 Å². The van der Waals surface area contributed by atoms with Gasteiger partial charge in [-0.3, -0.25) is 9.66 Å². The van der Waals surface area contributed by atoms with Crippen LogP contribution in [-0.4, -0.2) is 34.1 Å². The molecule has 0 saturated carbocycles. The third kappa shape index (κ3) is 2.90. The first-order valence-electron chi connectivity index (χ1n) is 5.48. The molecule has 2 heterocycles. The van der Waals surface area contributed by atoms with Crippen LogP contribution in [0.25, 0.3) is 0 Å². The predicted molar refractivity (Wildman–Crippen MR) is 58.3 cm³/mol. The second kappa shape index (κ2) is 5.08. The molecule has 2 rings (SSSR count). The topological polar surface area (TPSA) is 77.1 Å². The van der Waals surface area contributed by atoms with Crippen LogP contribution in [0.3, 0.4) is 0 Å². The fourth-order valence-corrected chi connectivity index (χ4v) is 3.71. The van der Waals surface area contributed by atoms with Crippen molar-refractivity contribution in [2.24, 2.45) is 0 Å². The van der Waals surface area contributed by atoms with Crippen LogP contribution in [0, 0.1) is 0 Å². The molecule has 0 spiro atoms. The number of hydrogen-bond acceptors (Lipinski definition) is 5. The SMILES string of the molecule is CCOP1(=O)CCCC(Cc2ncn[nH]2)O1. The first-order chi connectivity index (χ1) is 7.72. The van der Waals surface area contributed by atoms with E-state index in [-0.39, 0.29) is 6.10 Å². The highest BCUT2D eigenvalue weighted by atomic mass is 31.2. The highest BCUT2D eigenvalue weighted by Gasteiger charge is 2.33. The number of hydrogen-bond donors (Lipinski definition) is 1. The zero-order valence-corrected chi connectivity index (χ0v) is 10.2. The lowest BCUT2D eigenvalue weighted by molar-refractivity contribution is 0.125. The fourth-order valence-electron chi connectivity index (χ4n) is 1.82. The molecule has 1 aliphatic heterocycles. The van der Waals surface area contributed by atoms with Gasteiger partial charge in [-0.15, -0.1) is 0 Å². The zero-order chi connectivity index (χ0) is 11.4. The van der Waals surface area contributed by atoms with Gasteiger partial charge in [-0.25, -0.2) is 4.98 Å². The van der Waals surface area contributed by atoms with Crippen molar-refractivity contribution in [3.63, 3.8) is 0 Å². The van der Waals surface area contributed by atoms with Gasteiger partial charge in [-0.1, -0.05) is 0 Å². The monoisotopic (exact) mass is 245 g/mol. The van der Waals surface area contributed by atoms with E-state index in [1.807, 2.05) is 6.92 Å². The average molecular weight is 245 g/mol. The highest BCUT2D eigenvalue weighted by Crippen LogP contribution is 2.53. The Morgan fingerprint density at radius 2 is 2.62 bits per heavy atom. The van der Waals surface area contributed by atoms with E-state index in [0.717, 1.165) is 18.7 Å². The second-order valence-corrected chi connectivity index (χ2v) is 5.90. The highest BCUT2D eigenvalue weighted by molar-refractivity contribution is 7.53. The summed E-state index contributed by atoms with van der Waals surface area (Å²) in [5.74, 6) is 0.759. The average Bonchev–Trinajstić information content (AvgIpc) is 2.70. The molecule has 7 heteroatoms. The largest absolute Gasteiger partial charge is 0.330 e. The maximum absolute atomic E-state index is 12.1. The normalized spacial score (nSPS) is 30.4. The molecule has 1 N–H and O–H groups in total. The Morgan fingerprint density at radius 3 is 3.31 bits per heavy atom. The molecule has 90 valence electrons. The Kier molecular flexibility index (Phi) is 3.74. The molecule has 0 radical (unpaired) electrons. The lowest BCUT2D eigenvalue weighted by Crippen LogP contribution is -2.22. The Morgan fingerprint density at radius 1 is 1.75 bits per heavy atom. The standard InChI is InChI=1S/C9H16N3O3P/c1-2-14-16(13)5-3-4-8(15-16)6-9-10-7-11-12-9/h7-8H,2-6H2,1H3,(H,10,11,12). The Balaban J connectivity index is 1.94. The van der Waals surface area contributed by atoms with Crippen LogP contribution in [0.15, 0.2) is 6.33 Å². The van der Waals surface area contributed by atoms with E-state index in [1.54, 1.807) is 0 Å². The molecule has 2 atom stereocenters. The second-order valence-electron chi connectivity index (χ2n) is 3.76. The van der Waals surface area contributed by atoms with Crippen LogP contribution in [0.4, 0.5) is 0 Å². The molecule has 1 aromatic heterocycles. The molecule has 0 aromatic carbocycles. The van der Waals surface area contributed by atoms with Crippen molar-refractivity contribution in [3.8, 4) is 0 Å². The summed E-state index contributed by atoms with van der Waals surface area (Å²) < 4.78 is 22.8. The third-order valence-electron chi connectivity index (χ3n) is 2.48. The van der Waals surface area contributed by atoms with Crippen molar-refractivity contribution >= 4 is 7.60 Å². The number of aromatic nitrogens is 3. The Hall–Kier alpha value is -0.710. The zero-order valence-electron chi connectivity index (χ0n) is 9.26. The smallest absolute Gasteiger partial charge is 0.309 e. The van der Waals surface area contributed by atoms with Gasteiger partial charge in [-0.2, -0.15) is 5.10 Å². The minimum absolute atomic E-state index is 0.0842. The van der Waals surface area contributed by atoms with Crippen LogP contribution in [-0.2, 0) is 20.0 Å². The summed E-state index contributed by atoms with van der Waals surface area (Å²) in [5, 5.41) is 6.54. The van der Waals surface area contributed by atoms with Crippen molar-refractivity contribution in [1.82, 2.24) is 15.2 Å². The quantitative estimate of drug-likeness (QED) is 0.818. The molecule has 16 heavy (non-hydrogen) atoms. The van der Waals surface area contributed by atoms with Crippen LogP contribution in [0.2, 0.25) is 0 Å². The molecule has 0 bridgehead atoms. The van der Waals surface area contributed by atoms with E-state index < -0.39 is 7.60 Å². The number of rotatable bonds is 4. The van der Waals surface area contributed by atoms with Crippen LogP contribution < -0.4 is 0 Å². The van der Waals surface area contributed by atoms with E-state index >= 15 is 0 Å². The van der Waals surface area contributed by atoms with E-state index in [1.165, 1.54) is 6.33 Å². The van der Waals surface area contributed by atoms with Gasteiger partial charge in [0.2, 0.25) is 0 Å². The van der Waals surface area contributed by atoms with Gasteiger partial charge in [0.05, 0.1) is 18.9 Å². The third-order valence-corrected chi connectivity index (χ3v) is 4.61. The summed E-state index contributed by atoms with van der Waals surface area (Å²) in [5.41, 5.74) is 0. The van der Waals surface area contributed by atoms with Crippen LogP contribution in [0.5, 0.6) is 0 Å². The summed E-state index contributed by atoms with van der Waals surface area (Å²) in [4.78, 5) is 4.03. The fraction of sp³-hybridized carbons (Fsp3) is 0.778. The van der Waals surface area contributed by atoms with E-state index in [9.17, 15) is 4.57 Å². The summed E-state index contributed by atoms with van der Waals surface area (Å²) in [6.45, 7) is 2.25. The maximum Gasteiger partial charge on any atom is 0.330 e. The summed E-state index contributed by atoms with van der Waals surface area (Å²) in [6.07, 6.45) is 4.26. The molecule has 1 aromatic rings. The number of aromatic amines is 1. The molecular weight excluding hydrogens is 229 g/mol. The number of H-pyrrole nitrogens is 1. The van der Waals surface area contributed by atoms with Gasteiger partial charge >= 0.3 is 7.60 Å². The molecule has 0 amide bonds. The molecule has 6 nitrogen and oxygen atoms in total. The van der Waals surface area contributed by atoms with Gasteiger partial charge in [0.15, 0.2) is 0 Å². The van der Waals surface area contributed by atoms with Crippen molar-refractivity contribution < 1.29 is 13.6 Å². The molecular formula is C9H16N3O3P. The lowest BCUT2D eigenvalue weighted by atomic mass is 10.1. The molecule has 1 fully saturated rings. The number of nitrogens with one attached hydrogen (secondary N) is 1. The van der Waals surface area contributed by atoms with Crippen LogP contribution >= 0.6 is 7.60 Å². The van der Waals surface area contributed by atoms with Crippen LogP contribution in [0.1, 0.15) is 25.6 Å². The van der Waals surface area contributed by atoms with E-state index in [2.05, 4.69) is 15.2 Å². The summed E-state index contributed by atoms with van der Waals surface area (Å²) in [7, 11) is -2.85. The molecule has 0 aliphatic carbocycles. The molecule has 1 saturated heterocycles. The Labute approximate surface area is 94.3 Å². The Bertz CT molecular complexity index is 362. The van der Waals surface area contributed by atoms with Gasteiger partial charge < -0.3 is 9.05 Å². The van der Waals surface area contributed by atoms with Gasteiger partial charge in [-0.05, 0) is 19.8 Å². The molecule has 2 unspecified atom stereocenters. The van der Waals surface area contributed by atoms with Crippen molar-refractivity contribution in [1.29, 1.82) is 0 Å². The van der Waals surface area contributed by atoms with Crippen molar-refractivity contribution in [2.75, 3.05) is 12.8 Å². The lowest BCUT2D eigenvalue weighted by Gasteiger charge is -2.28. The van der Waals surface area contributed by atoms with Crippen molar-refractivity contribution in [3.05, 3.63) is 12.2 Å². The minimum Gasteiger partial charge on any atom is -0.309 e. The number of nitrogens with zero attached hydrogens (tertiary/aromatic N) is 2. The van der Waals surface area contributed by atoms with Gasteiger partial charge in [0.1, 0.15) is 12.2 Å². The van der Waals surface area contributed by atoms with E-state index in [4.69, 9.17) is 9.05 Å². The first kappa shape index (κ1) is 11.8. The predicted octanol–water partition coefficient (Wildman–Crippen LogP) is 1.76. The minimum atomic E-state index is -2.85. The summed E-state index contributed by atoms with van der Waals surface area (Å²) >= 11 is 0. The molecule has 1 aliphatic rings. The summed E-state index contributed by atoms with van der Waals surface area (Å²) in [6, 6.07) is 0.